The third-order valence-corrected chi connectivity index (χ3v) is 5.62. The molecule has 2 aromatic carbocycles. The van der Waals surface area contributed by atoms with E-state index in [1.54, 1.807) is 19.2 Å². The summed E-state index contributed by atoms with van der Waals surface area (Å²) in [4.78, 5) is 14.1. The van der Waals surface area contributed by atoms with E-state index in [2.05, 4.69) is 0 Å². The maximum atomic E-state index is 12.1. The van der Waals surface area contributed by atoms with E-state index in [0.29, 0.717) is 31.6 Å². The smallest absolute Gasteiger partial charge is 0.265 e. The maximum Gasteiger partial charge on any atom is 0.265 e. The van der Waals surface area contributed by atoms with Gasteiger partial charge in [0.05, 0.1) is 4.91 Å². The van der Waals surface area contributed by atoms with Crippen molar-refractivity contribution in [1.82, 2.24) is 4.90 Å². The molecule has 2 aromatic rings. The number of rotatable bonds is 4. The largest absolute Gasteiger partial charge is 0.489 e. The quantitative estimate of drug-likeness (QED) is 0.499. The molecule has 7 heteroatoms. The summed E-state index contributed by atoms with van der Waals surface area (Å²) in [6.07, 6.45) is 1.81. The fourth-order valence-corrected chi connectivity index (χ4v) is 3.83. The summed E-state index contributed by atoms with van der Waals surface area (Å²) in [5, 5.41) is 1.15. The lowest BCUT2D eigenvalue weighted by atomic mass is 10.2. The van der Waals surface area contributed by atoms with Gasteiger partial charge in [0.2, 0.25) is 0 Å². The molecule has 3 rings (SSSR count). The van der Waals surface area contributed by atoms with Crippen LogP contribution in [0.1, 0.15) is 11.1 Å². The highest BCUT2D eigenvalue weighted by Crippen LogP contribution is 2.32. The molecule has 3 nitrogen and oxygen atoms in total. The fourth-order valence-electron chi connectivity index (χ4n) is 2.19. The number of thioether (sulfide) groups is 1. The monoisotopic (exact) mass is 409 g/mol. The van der Waals surface area contributed by atoms with Gasteiger partial charge in [-0.1, -0.05) is 65.4 Å². The zero-order chi connectivity index (χ0) is 18.0. The van der Waals surface area contributed by atoms with Crippen LogP contribution in [0.2, 0.25) is 10.0 Å². The Bertz CT molecular complexity index is 883. The van der Waals surface area contributed by atoms with Crippen molar-refractivity contribution < 1.29 is 9.53 Å². The molecule has 0 aliphatic carbocycles. The zero-order valence-electron chi connectivity index (χ0n) is 13.2. The maximum absolute atomic E-state index is 12.1. The van der Waals surface area contributed by atoms with Crippen LogP contribution in [-0.2, 0) is 11.4 Å². The third-order valence-electron chi connectivity index (χ3n) is 3.55. The van der Waals surface area contributed by atoms with Crippen molar-refractivity contribution >= 4 is 63.5 Å². The van der Waals surface area contributed by atoms with E-state index in [9.17, 15) is 4.79 Å². The van der Waals surface area contributed by atoms with Crippen LogP contribution in [0.15, 0.2) is 47.4 Å². The number of amides is 1. The minimum absolute atomic E-state index is 0.0886. The Morgan fingerprint density at radius 2 is 2.04 bits per heavy atom. The van der Waals surface area contributed by atoms with Gasteiger partial charge in [-0.3, -0.25) is 9.69 Å². The van der Waals surface area contributed by atoms with Gasteiger partial charge in [0.25, 0.3) is 5.91 Å². The Morgan fingerprint density at radius 3 is 2.72 bits per heavy atom. The van der Waals surface area contributed by atoms with Gasteiger partial charge in [0, 0.05) is 22.7 Å². The molecule has 0 bridgehead atoms. The molecular weight excluding hydrogens is 397 g/mol. The SMILES string of the molecule is CN1C(=O)C(=Cc2cccc(OCc3ccc(Cl)cc3Cl)c2)SC1=S. The second-order valence-electron chi connectivity index (χ2n) is 5.34. The normalized spacial score (nSPS) is 16.0. The molecule has 0 unspecified atom stereocenters. The molecule has 0 aromatic heterocycles. The second-order valence-corrected chi connectivity index (χ2v) is 7.86. The van der Waals surface area contributed by atoms with Gasteiger partial charge in [-0.2, -0.15) is 0 Å². The van der Waals surface area contributed by atoms with Crippen molar-refractivity contribution in [2.45, 2.75) is 6.61 Å². The first kappa shape index (κ1) is 18.3. The molecule has 1 saturated heterocycles. The molecule has 25 heavy (non-hydrogen) atoms. The number of likely N-dealkylation sites (N-methyl/N-ethyl adjacent to an activating group) is 1. The van der Waals surface area contributed by atoms with Crippen molar-refractivity contribution in [3.8, 4) is 5.75 Å². The first-order valence-corrected chi connectivity index (χ1v) is 9.30. The van der Waals surface area contributed by atoms with Crippen molar-refractivity contribution in [3.05, 3.63) is 68.5 Å². The number of carbonyl (C=O) groups excluding carboxylic acids is 1. The van der Waals surface area contributed by atoms with Crippen LogP contribution in [0.5, 0.6) is 5.75 Å². The minimum Gasteiger partial charge on any atom is -0.489 e. The number of carbonyl (C=O) groups is 1. The van der Waals surface area contributed by atoms with Crippen molar-refractivity contribution in [3.63, 3.8) is 0 Å². The zero-order valence-corrected chi connectivity index (χ0v) is 16.3. The van der Waals surface area contributed by atoms with Crippen molar-refractivity contribution in [2.75, 3.05) is 7.05 Å². The summed E-state index contributed by atoms with van der Waals surface area (Å²) in [6, 6.07) is 12.8. The molecule has 0 N–H and O–H groups in total. The molecule has 1 aliphatic rings. The second kappa shape index (κ2) is 7.79. The van der Waals surface area contributed by atoms with Crippen LogP contribution < -0.4 is 4.74 Å². The fraction of sp³-hybridized carbons (Fsp3) is 0.111. The summed E-state index contributed by atoms with van der Waals surface area (Å²) in [5.41, 5.74) is 1.72. The summed E-state index contributed by atoms with van der Waals surface area (Å²) < 4.78 is 6.36. The first-order chi connectivity index (χ1) is 11.9. The van der Waals surface area contributed by atoms with Crippen LogP contribution >= 0.6 is 47.2 Å². The van der Waals surface area contributed by atoms with Crippen LogP contribution in [0.25, 0.3) is 6.08 Å². The van der Waals surface area contributed by atoms with E-state index in [1.165, 1.54) is 16.7 Å². The number of thiocarbonyl (C=S) groups is 1. The van der Waals surface area contributed by atoms with Crippen LogP contribution in [0.3, 0.4) is 0 Å². The molecule has 1 amide bonds. The number of hydrogen-bond donors (Lipinski definition) is 0. The standard InChI is InChI=1S/C18H13Cl2NO2S2/c1-21-17(22)16(25-18(21)24)8-11-3-2-4-14(7-11)23-10-12-5-6-13(19)9-15(12)20/h2-9H,10H2,1H3. The van der Waals surface area contributed by atoms with Gasteiger partial charge in [-0.15, -0.1) is 0 Å². The molecule has 0 saturated carbocycles. The Balaban J connectivity index is 1.74. The summed E-state index contributed by atoms with van der Waals surface area (Å²) in [6.45, 7) is 0.330. The number of nitrogens with zero attached hydrogens (tertiary/aromatic N) is 1. The highest BCUT2D eigenvalue weighted by Gasteiger charge is 2.28. The number of hydrogen-bond acceptors (Lipinski definition) is 4. The summed E-state index contributed by atoms with van der Waals surface area (Å²) in [7, 11) is 1.67. The van der Waals surface area contributed by atoms with Gasteiger partial charge >= 0.3 is 0 Å². The van der Waals surface area contributed by atoms with Crippen LogP contribution in [0, 0.1) is 0 Å². The molecule has 1 aliphatic heterocycles. The topological polar surface area (TPSA) is 29.5 Å². The number of benzene rings is 2. The molecule has 0 radical (unpaired) electrons. The van der Waals surface area contributed by atoms with Crippen molar-refractivity contribution in [1.29, 1.82) is 0 Å². The summed E-state index contributed by atoms with van der Waals surface area (Å²) in [5.74, 6) is 0.598. The predicted molar refractivity (Wildman–Crippen MR) is 108 cm³/mol. The Morgan fingerprint density at radius 1 is 1.24 bits per heavy atom. The molecular formula is C18H13Cl2NO2S2. The van der Waals surface area contributed by atoms with Gasteiger partial charge in [-0.25, -0.2) is 0 Å². The lowest BCUT2D eigenvalue weighted by Crippen LogP contribution is -2.22. The molecule has 1 fully saturated rings. The van der Waals surface area contributed by atoms with E-state index in [0.717, 1.165) is 11.1 Å². The number of halogens is 2. The predicted octanol–water partition coefficient (Wildman–Crippen LogP) is 5.40. The lowest BCUT2D eigenvalue weighted by molar-refractivity contribution is -0.121. The first-order valence-electron chi connectivity index (χ1n) is 7.32. The third kappa shape index (κ3) is 4.36. The highest BCUT2D eigenvalue weighted by molar-refractivity contribution is 8.26. The average molecular weight is 410 g/mol. The minimum atomic E-state index is -0.0886. The Kier molecular flexibility index (Phi) is 5.69. The van der Waals surface area contributed by atoms with E-state index in [4.69, 9.17) is 40.2 Å². The van der Waals surface area contributed by atoms with E-state index in [1.807, 2.05) is 36.4 Å². The Hall–Kier alpha value is -1.53. The van der Waals surface area contributed by atoms with Crippen molar-refractivity contribution in [2.24, 2.45) is 0 Å². The van der Waals surface area contributed by atoms with Gasteiger partial charge in [0.15, 0.2) is 0 Å². The van der Waals surface area contributed by atoms with E-state index >= 15 is 0 Å². The van der Waals surface area contributed by atoms with Gasteiger partial charge < -0.3 is 4.74 Å². The van der Waals surface area contributed by atoms with Crippen LogP contribution in [-0.4, -0.2) is 22.2 Å². The Labute approximate surface area is 165 Å². The average Bonchev–Trinajstić information content (AvgIpc) is 2.81. The van der Waals surface area contributed by atoms with E-state index in [-0.39, 0.29) is 5.91 Å². The lowest BCUT2D eigenvalue weighted by Gasteiger charge is -2.09. The number of ether oxygens (including phenoxy) is 1. The van der Waals surface area contributed by atoms with Gasteiger partial charge in [0.1, 0.15) is 16.7 Å². The van der Waals surface area contributed by atoms with E-state index < -0.39 is 0 Å². The highest BCUT2D eigenvalue weighted by atomic mass is 35.5. The van der Waals surface area contributed by atoms with Crippen LogP contribution in [0.4, 0.5) is 0 Å². The molecule has 128 valence electrons. The molecule has 0 atom stereocenters. The summed E-state index contributed by atoms with van der Waals surface area (Å²) >= 11 is 18.5. The molecule has 0 spiro atoms. The molecule has 1 heterocycles. The van der Waals surface area contributed by atoms with Gasteiger partial charge in [-0.05, 0) is 35.9 Å².